The van der Waals surface area contributed by atoms with Gasteiger partial charge < -0.3 is 5.73 Å². The molecule has 2 aromatic rings. The summed E-state index contributed by atoms with van der Waals surface area (Å²) in [5.41, 5.74) is 7.03. The normalized spacial score (nSPS) is 13.0. The largest absolute Gasteiger partial charge is 0.324 e. The van der Waals surface area contributed by atoms with Crippen LogP contribution < -0.4 is 10.5 Å². The third-order valence-corrected chi connectivity index (χ3v) is 5.56. The van der Waals surface area contributed by atoms with E-state index in [1.165, 1.54) is 0 Å². The van der Waals surface area contributed by atoms with E-state index in [9.17, 15) is 8.42 Å². The molecule has 2 aromatic carbocycles. The highest BCUT2D eigenvalue weighted by Gasteiger charge is 2.18. The number of sulfonamides is 1. The van der Waals surface area contributed by atoms with Crippen LogP contribution in [0.5, 0.6) is 0 Å². The molecule has 0 aromatic heterocycles. The van der Waals surface area contributed by atoms with Crippen LogP contribution in [0.2, 0.25) is 0 Å². The summed E-state index contributed by atoms with van der Waals surface area (Å²) in [7, 11) is -3.68. The third-order valence-electron chi connectivity index (χ3n) is 2.89. The van der Waals surface area contributed by atoms with Gasteiger partial charge in [-0.25, -0.2) is 8.42 Å². The molecular weight excluding hydrogens is 420 g/mol. The Labute approximate surface area is 141 Å². The maximum absolute atomic E-state index is 12.5. The van der Waals surface area contributed by atoms with Crippen LogP contribution in [0.4, 0.5) is 5.69 Å². The van der Waals surface area contributed by atoms with Crippen LogP contribution in [0.1, 0.15) is 18.5 Å². The van der Waals surface area contributed by atoms with E-state index in [1.54, 1.807) is 36.4 Å². The van der Waals surface area contributed by atoms with Crippen molar-refractivity contribution in [2.24, 2.45) is 5.73 Å². The van der Waals surface area contributed by atoms with Gasteiger partial charge in [0.25, 0.3) is 10.0 Å². The molecule has 3 N–H and O–H groups in total. The van der Waals surface area contributed by atoms with Crippen LogP contribution in [0.15, 0.2) is 56.3 Å². The number of hydrogen-bond donors (Lipinski definition) is 2. The van der Waals surface area contributed by atoms with Gasteiger partial charge >= 0.3 is 0 Å². The molecule has 0 aliphatic carbocycles. The number of halogens is 2. The molecule has 0 spiro atoms. The van der Waals surface area contributed by atoms with E-state index in [0.29, 0.717) is 14.6 Å². The smallest absolute Gasteiger partial charge is 0.261 e. The van der Waals surface area contributed by atoms with Crippen LogP contribution in [-0.2, 0) is 10.0 Å². The molecule has 2 rings (SSSR count). The number of anilines is 1. The maximum Gasteiger partial charge on any atom is 0.261 e. The highest BCUT2D eigenvalue weighted by atomic mass is 79.9. The Kier molecular flexibility index (Phi) is 5.08. The highest BCUT2D eigenvalue weighted by molar-refractivity contribution is 9.11. The Morgan fingerprint density at radius 1 is 1.10 bits per heavy atom. The number of nitrogens with two attached hydrogens (primary N) is 1. The Balaban J connectivity index is 2.41. The average Bonchev–Trinajstić information content (AvgIpc) is 2.43. The first-order valence-electron chi connectivity index (χ1n) is 6.13. The van der Waals surface area contributed by atoms with Gasteiger partial charge in [0, 0.05) is 15.0 Å². The summed E-state index contributed by atoms with van der Waals surface area (Å²) in [5.74, 6) is 0. The fourth-order valence-electron chi connectivity index (χ4n) is 1.75. The van der Waals surface area contributed by atoms with E-state index in [1.807, 2.05) is 13.0 Å². The summed E-state index contributed by atoms with van der Waals surface area (Å²) in [6.45, 7) is 1.81. The van der Waals surface area contributed by atoms with E-state index < -0.39 is 10.0 Å². The van der Waals surface area contributed by atoms with Crippen molar-refractivity contribution in [2.45, 2.75) is 17.9 Å². The molecule has 112 valence electrons. The molecule has 1 atom stereocenters. The minimum absolute atomic E-state index is 0.181. The lowest BCUT2D eigenvalue weighted by Gasteiger charge is -2.13. The van der Waals surface area contributed by atoms with Crippen LogP contribution in [0, 0.1) is 0 Å². The second-order valence-electron chi connectivity index (χ2n) is 4.56. The van der Waals surface area contributed by atoms with Crippen molar-refractivity contribution >= 4 is 47.6 Å². The monoisotopic (exact) mass is 432 g/mol. The summed E-state index contributed by atoms with van der Waals surface area (Å²) < 4.78 is 28.9. The molecule has 4 nitrogen and oxygen atoms in total. The molecule has 0 amide bonds. The summed E-state index contributed by atoms with van der Waals surface area (Å²) in [6.07, 6.45) is 0. The van der Waals surface area contributed by atoms with Crippen LogP contribution in [0.3, 0.4) is 0 Å². The number of rotatable bonds is 4. The second kappa shape index (κ2) is 6.48. The lowest BCUT2D eigenvalue weighted by Crippen LogP contribution is -2.15. The second-order valence-corrected chi connectivity index (χ2v) is 7.95. The van der Waals surface area contributed by atoms with E-state index in [-0.39, 0.29) is 10.9 Å². The summed E-state index contributed by atoms with van der Waals surface area (Å²) in [6, 6.07) is 11.7. The van der Waals surface area contributed by atoms with Crippen molar-refractivity contribution in [1.29, 1.82) is 0 Å². The molecule has 0 aliphatic heterocycles. The lowest BCUT2D eigenvalue weighted by atomic mass is 10.1. The Bertz CT molecular complexity index is 741. The zero-order chi connectivity index (χ0) is 15.6. The molecule has 0 heterocycles. The zero-order valence-electron chi connectivity index (χ0n) is 11.2. The molecule has 0 saturated carbocycles. The van der Waals surface area contributed by atoms with Crippen molar-refractivity contribution in [3.63, 3.8) is 0 Å². The summed E-state index contributed by atoms with van der Waals surface area (Å²) >= 11 is 6.67. The quantitative estimate of drug-likeness (QED) is 0.764. The number of nitrogens with one attached hydrogen (secondary N) is 1. The van der Waals surface area contributed by atoms with Gasteiger partial charge in [0.15, 0.2) is 0 Å². The minimum Gasteiger partial charge on any atom is -0.324 e. The zero-order valence-corrected chi connectivity index (χ0v) is 15.2. The predicted octanol–water partition coefficient (Wildman–Crippen LogP) is 4.03. The molecule has 0 aliphatic rings. The maximum atomic E-state index is 12.5. The first-order chi connectivity index (χ1) is 9.81. The number of hydrogen-bond acceptors (Lipinski definition) is 3. The van der Waals surface area contributed by atoms with Gasteiger partial charge in [0.1, 0.15) is 0 Å². The van der Waals surface area contributed by atoms with Crippen molar-refractivity contribution in [3.05, 3.63) is 57.0 Å². The van der Waals surface area contributed by atoms with Gasteiger partial charge in [-0.3, -0.25) is 4.72 Å². The highest BCUT2D eigenvalue weighted by Crippen LogP contribution is 2.32. The van der Waals surface area contributed by atoms with Crippen molar-refractivity contribution in [2.75, 3.05) is 4.72 Å². The minimum atomic E-state index is -3.68. The number of para-hydroxylation sites is 1. The van der Waals surface area contributed by atoms with Gasteiger partial charge in [-0.1, -0.05) is 18.2 Å². The summed E-state index contributed by atoms with van der Waals surface area (Å²) in [4.78, 5) is 0.181. The number of benzene rings is 2. The van der Waals surface area contributed by atoms with Gasteiger partial charge in [0.05, 0.1) is 10.6 Å². The Morgan fingerprint density at radius 2 is 1.67 bits per heavy atom. The molecule has 0 bridgehead atoms. The standard InChI is InChI=1S/C14H14Br2N2O2S/c1-9(17)10-4-2-5-11(8-10)21(19,20)18-14-12(15)6-3-7-13(14)16/h2-9,18H,17H2,1H3. The molecule has 0 radical (unpaired) electrons. The molecule has 0 saturated heterocycles. The molecule has 0 fully saturated rings. The molecular formula is C14H14Br2N2O2S. The van der Waals surface area contributed by atoms with Crippen LogP contribution >= 0.6 is 31.9 Å². The lowest BCUT2D eigenvalue weighted by molar-refractivity contribution is 0.601. The van der Waals surface area contributed by atoms with Crippen molar-refractivity contribution in [1.82, 2.24) is 0 Å². The van der Waals surface area contributed by atoms with Crippen LogP contribution in [-0.4, -0.2) is 8.42 Å². The van der Waals surface area contributed by atoms with E-state index in [2.05, 4.69) is 36.6 Å². The first-order valence-corrected chi connectivity index (χ1v) is 9.20. The fourth-order valence-corrected chi connectivity index (χ4v) is 4.37. The third kappa shape index (κ3) is 3.85. The van der Waals surface area contributed by atoms with Gasteiger partial charge in [-0.15, -0.1) is 0 Å². The van der Waals surface area contributed by atoms with E-state index in [4.69, 9.17) is 5.73 Å². The Morgan fingerprint density at radius 3 is 2.24 bits per heavy atom. The topological polar surface area (TPSA) is 72.2 Å². The van der Waals surface area contributed by atoms with Gasteiger partial charge in [-0.05, 0) is 68.6 Å². The first kappa shape index (κ1) is 16.5. The van der Waals surface area contributed by atoms with Crippen molar-refractivity contribution < 1.29 is 8.42 Å². The van der Waals surface area contributed by atoms with Crippen molar-refractivity contribution in [3.8, 4) is 0 Å². The fraction of sp³-hybridized carbons (Fsp3) is 0.143. The molecule has 7 heteroatoms. The van der Waals surface area contributed by atoms with E-state index in [0.717, 1.165) is 5.56 Å². The Hall–Kier alpha value is -0.890. The molecule has 1 unspecified atom stereocenters. The predicted molar refractivity (Wildman–Crippen MR) is 91.7 cm³/mol. The van der Waals surface area contributed by atoms with Crippen LogP contribution in [0.25, 0.3) is 0 Å². The van der Waals surface area contributed by atoms with Gasteiger partial charge in [0.2, 0.25) is 0 Å². The summed E-state index contributed by atoms with van der Waals surface area (Å²) in [5, 5.41) is 0. The van der Waals surface area contributed by atoms with E-state index >= 15 is 0 Å². The SMILES string of the molecule is CC(N)c1cccc(S(=O)(=O)Nc2c(Br)cccc2Br)c1. The average molecular weight is 434 g/mol. The molecule has 21 heavy (non-hydrogen) atoms. The van der Waals surface area contributed by atoms with Gasteiger partial charge in [-0.2, -0.15) is 0 Å².